The van der Waals surface area contributed by atoms with Crippen molar-refractivity contribution in [2.45, 2.75) is 58.0 Å². The van der Waals surface area contributed by atoms with Crippen LogP contribution in [0.25, 0.3) is 0 Å². The molecular formula is C11H21N. The first kappa shape index (κ1) is 8.55. The molecule has 2 fully saturated rings. The predicted molar refractivity (Wildman–Crippen MR) is 52.1 cm³/mol. The van der Waals surface area contributed by atoms with Gasteiger partial charge < -0.3 is 5.32 Å². The van der Waals surface area contributed by atoms with E-state index in [1.807, 2.05) is 0 Å². The number of nitrogens with one attached hydrogen (secondary N) is 1. The largest absolute Gasteiger partial charge is 0.311 e. The van der Waals surface area contributed by atoms with E-state index in [-0.39, 0.29) is 0 Å². The molecule has 2 aliphatic rings. The molecule has 0 spiro atoms. The predicted octanol–water partition coefficient (Wildman–Crippen LogP) is 2.56. The Bertz CT molecular complexity index is 149. The summed E-state index contributed by atoms with van der Waals surface area (Å²) in [6, 6.07) is 1.72. The quantitative estimate of drug-likeness (QED) is 0.666. The van der Waals surface area contributed by atoms with Crippen LogP contribution in [0.3, 0.4) is 0 Å². The van der Waals surface area contributed by atoms with E-state index >= 15 is 0 Å². The maximum Gasteiger partial charge on any atom is 0.0100 e. The van der Waals surface area contributed by atoms with Crippen LogP contribution in [0.15, 0.2) is 0 Å². The van der Waals surface area contributed by atoms with Crippen LogP contribution in [-0.4, -0.2) is 12.1 Å². The van der Waals surface area contributed by atoms with Crippen molar-refractivity contribution in [2.75, 3.05) is 0 Å². The molecule has 0 saturated heterocycles. The number of hydrogen-bond acceptors (Lipinski definition) is 1. The van der Waals surface area contributed by atoms with Crippen molar-refractivity contribution in [3.8, 4) is 0 Å². The highest BCUT2D eigenvalue weighted by atomic mass is 15.0. The molecule has 0 aromatic carbocycles. The van der Waals surface area contributed by atoms with Crippen molar-refractivity contribution < 1.29 is 0 Å². The van der Waals surface area contributed by atoms with Gasteiger partial charge in [-0.05, 0) is 31.1 Å². The molecule has 0 aromatic heterocycles. The highest BCUT2D eigenvalue weighted by Gasteiger charge is 2.35. The van der Waals surface area contributed by atoms with Gasteiger partial charge in [-0.25, -0.2) is 0 Å². The molecule has 12 heavy (non-hydrogen) atoms. The van der Waals surface area contributed by atoms with Crippen molar-refractivity contribution in [3.63, 3.8) is 0 Å². The minimum atomic E-state index is 0.850. The lowest BCUT2D eigenvalue weighted by Gasteiger charge is -2.43. The van der Waals surface area contributed by atoms with E-state index in [0.717, 1.165) is 23.9 Å². The molecule has 0 aliphatic heterocycles. The van der Waals surface area contributed by atoms with Gasteiger partial charge in [0.25, 0.3) is 0 Å². The van der Waals surface area contributed by atoms with E-state index in [0.29, 0.717) is 0 Å². The fraction of sp³-hybridized carbons (Fsp3) is 1.00. The molecular weight excluding hydrogens is 146 g/mol. The molecule has 3 unspecified atom stereocenters. The molecule has 2 rings (SSSR count). The minimum Gasteiger partial charge on any atom is -0.311 e. The van der Waals surface area contributed by atoms with E-state index in [9.17, 15) is 0 Å². The normalized spacial score (nSPS) is 43.0. The zero-order valence-electron chi connectivity index (χ0n) is 8.34. The van der Waals surface area contributed by atoms with Gasteiger partial charge >= 0.3 is 0 Å². The van der Waals surface area contributed by atoms with Gasteiger partial charge in [-0.3, -0.25) is 0 Å². The first-order valence-corrected chi connectivity index (χ1v) is 5.53. The summed E-state index contributed by atoms with van der Waals surface area (Å²) in [6.45, 7) is 4.76. The molecule has 2 aliphatic carbocycles. The summed E-state index contributed by atoms with van der Waals surface area (Å²) in [7, 11) is 0. The minimum absolute atomic E-state index is 0.850. The van der Waals surface area contributed by atoms with Crippen LogP contribution < -0.4 is 5.32 Å². The molecule has 0 heterocycles. The van der Waals surface area contributed by atoms with Gasteiger partial charge in [0.2, 0.25) is 0 Å². The van der Waals surface area contributed by atoms with Crippen LogP contribution >= 0.6 is 0 Å². The third-order valence-electron chi connectivity index (χ3n) is 3.96. The summed E-state index contributed by atoms with van der Waals surface area (Å²) in [5.74, 6) is 1.88. The second-order valence-electron chi connectivity index (χ2n) is 4.83. The van der Waals surface area contributed by atoms with E-state index in [1.54, 1.807) is 0 Å². The molecule has 1 heteroatoms. The standard InChI is InChI=1S/C11H21N/c1-8-7-11(9(8)2)12-10-5-3-4-6-10/h8-12H,3-7H2,1-2H3. The van der Waals surface area contributed by atoms with Crippen LogP contribution in [0.1, 0.15) is 46.0 Å². The molecule has 3 atom stereocenters. The van der Waals surface area contributed by atoms with Gasteiger partial charge in [0.1, 0.15) is 0 Å². The third-order valence-corrected chi connectivity index (χ3v) is 3.96. The van der Waals surface area contributed by atoms with Crippen molar-refractivity contribution in [2.24, 2.45) is 11.8 Å². The lowest BCUT2D eigenvalue weighted by Crippen LogP contribution is -2.51. The van der Waals surface area contributed by atoms with Gasteiger partial charge in [-0.2, -0.15) is 0 Å². The summed E-state index contributed by atoms with van der Waals surface area (Å²) >= 11 is 0. The molecule has 1 nitrogen and oxygen atoms in total. The summed E-state index contributed by atoms with van der Waals surface area (Å²) < 4.78 is 0. The van der Waals surface area contributed by atoms with Crippen molar-refractivity contribution in [3.05, 3.63) is 0 Å². The van der Waals surface area contributed by atoms with Crippen molar-refractivity contribution in [1.82, 2.24) is 5.32 Å². The second kappa shape index (κ2) is 3.37. The molecule has 0 radical (unpaired) electrons. The average molecular weight is 167 g/mol. The van der Waals surface area contributed by atoms with Gasteiger partial charge in [0.05, 0.1) is 0 Å². The SMILES string of the molecule is CC1CC(NC2CCCC2)C1C. The average Bonchev–Trinajstić information content (AvgIpc) is 2.56. The smallest absolute Gasteiger partial charge is 0.0100 e. The number of hydrogen-bond donors (Lipinski definition) is 1. The zero-order chi connectivity index (χ0) is 8.55. The van der Waals surface area contributed by atoms with E-state index in [2.05, 4.69) is 19.2 Å². The molecule has 0 amide bonds. The Kier molecular flexibility index (Phi) is 2.40. The van der Waals surface area contributed by atoms with Gasteiger partial charge in [-0.15, -0.1) is 0 Å². The van der Waals surface area contributed by atoms with E-state index in [4.69, 9.17) is 0 Å². The van der Waals surface area contributed by atoms with Crippen LogP contribution in [0.5, 0.6) is 0 Å². The summed E-state index contributed by atoms with van der Waals surface area (Å²) in [4.78, 5) is 0. The molecule has 1 N–H and O–H groups in total. The fourth-order valence-corrected chi connectivity index (χ4v) is 2.65. The van der Waals surface area contributed by atoms with Crippen LogP contribution in [0.4, 0.5) is 0 Å². The number of rotatable bonds is 2. The van der Waals surface area contributed by atoms with Crippen LogP contribution in [0, 0.1) is 11.8 Å². The summed E-state index contributed by atoms with van der Waals surface area (Å²) in [5.41, 5.74) is 0. The third kappa shape index (κ3) is 1.52. The summed E-state index contributed by atoms with van der Waals surface area (Å²) in [5, 5.41) is 3.80. The zero-order valence-corrected chi connectivity index (χ0v) is 8.34. The fourth-order valence-electron chi connectivity index (χ4n) is 2.65. The van der Waals surface area contributed by atoms with Crippen molar-refractivity contribution in [1.29, 1.82) is 0 Å². The molecule has 70 valence electrons. The molecule has 2 saturated carbocycles. The first-order chi connectivity index (χ1) is 5.77. The van der Waals surface area contributed by atoms with Gasteiger partial charge in [0, 0.05) is 12.1 Å². The van der Waals surface area contributed by atoms with Crippen molar-refractivity contribution >= 4 is 0 Å². The van der Waals surface area contributed by atoms with Gasteiger partial charge in [0.15, 0.2) is 0 Å². The van der Waals surface area contributed by atoms with Crippen LogP contribution in [0.2, 0.25) is 0 Å². The van der Waals surface area contributed by atoms with E-state index in [1.165, 1.54) is 32.1 Å². The Hall–Kier alpha value is -0.0400. The monoisotopic (exact) mass is 167 g/mol. The van der Waals surface area contributed by atoms with Crippen LogP contribution in [-0.2, 0) is 0 Å². The Morgan fingerprint density at radius 3 is 2.25 bits per heavy atom. The van der Waals surface area contributed by atoms with Gasteiger partial charge in [-0.1, -0.05) is 26.7 Å². The second-order valence-corrected chi connectivity index (χ2v) is 4.83. The molecule has 0 aromatic rings. The molecule has 0 bridgehead atoms. The first-order valence-electron chi connectivity index (χ1n) is 5.53. The maximum absolute atomic E-state index is 3.80. The lowest BCUT2D eigenvalue weighted by atomic mass is 9.71. The summed E-state index contributed by atoms with van der Waals surface area (Å²) in [6.07, 6.45) is 7.18. The Balaban J connectivity index is 1.73. The highest BCUT2D eigenvalue weighted by molar-refractivity contribution is 4.92. The highest BCUT2D eigenvalue weighted by Crippen LogP contribution is 2.35. The Morgan fingerprint density at radius 1 is 1.08 bits per heavy atom. The Labute approximate surface area is 75.9 Å². The van der Waals surface area contributed by atoms with E-state index < -0.39 is 0 Å². The Morgan fingerprint density at radius 2 is 1.75 bits per heavy atom. The lowest BCUT2D eigenvalue weighted by molar-refractivity contribution is 0.126. The topological polar surface area (TPSA) is 12.0 Å². The maximum atomic E-state index is 3.80.